The molecule has 0 aliphatic heterocycles. The molecule has 0 bridgehead atoms. The second-order valence-electron chi connectivity index (χ2n) is 8.82. The summed E-state index contributed by atoms with van der Waals surface area (Å²) in [4.78, 5) is 25.4. The molecule has 2 aromatic rings. The number of nitrogens with two attached hydrogens (primary N) is 1. The molecule has 0 unspecified atom stereocenters. The number of nitrogens with zero attached hydrogens (tertiary/aromatic N) is 1. The molecule has 8 heteroatoms. The lowest BCUT2D eigenvalue weighted by molar-refractivity contribution is -0.150. The van der Waals surface area contributed by atoms with Gasteiger partial charge in [0.2, 0.25) is 0 Å². The first-order valence-corrected chi connectivity index (χ1v) is 11.7. The number of likely N-dealkylation sites (N-methyl/N-ethyl adjacent to an activating group) is 1. The zero-order valence-electron chi connectivity index (χ0n) is 20.7. The van der Waals surface area contributed by atoms with Crippen molar-refractivity contribution in [3.05, 3.63) is 64.7 Å². The van der Waals surface area contributed by atoms with Gasteiger partial charge >= 0.3 is 5.97 Å². The van der Waals surface area contributed by atoms with Crippen LogP contribution in [0.5, 0.6) is 5.75 Å². The molecule has 0 aliphatic rings. The Morgan fingerprint density at radius 1 is 1.03 bits per heavy atom. The molecule has 0 heterocycles. The molecule has 0 spiro atoms. The number of carboxylic acid groups (broad SMARTS) is 1. The van der Waals surface area contributed by atoms with E-state index in [4.69, 9.17) is 31.9 Å². The molecular weight excluding hydrogens is 456 g/mol. The van der Waals surface area contributed by atoms with Crippen LogP contribution in [0.4, 0.5) is 0 Å². The van der Waals surface area contributed by atoms with Crippen molar-refractivity contribution in [2.75, 3.05) is 19.8 Å². The minimum atomic E-state index is -0.988. The van der Waals surface area contributed by atoms with Crippen LogP contribution >= 0.6 is 11.6 Å². The van der Waals surface area contributed by atoms with Gasteiger partial charge in [-0.05, 0) is 70.0 Å². The van der Waals surface area contributed by atoms with Gasteiger partial charge in [-0.2, -0.15) is 0 Å². The van der Waals surface area contributed by atoms with E-state index in [1.54, 1.807) is 48.2 Å². The molecular formula is C26H37ClN2O5. The zero-order chi connectivity index (χ0) is 25.7. The third-order valence-corrected chi connectivity index (χ3v) is 4.62. The summed E-state index contributed by atoms with van der Waals surface area (Å²) in [6.45, 7) is 10.9. The fraction of sp³-hybridized carbons (Fsp3) is 0.462. The van der Waals surface area contributed by atoms with Gasteiger partial charge in [0.05, 0.1) is 0 Å². The van der Waals surface area contributed by atoms with Gasteiger partial charge in [-0.15, -0.1) is 0 Å². The Bertz CT molecular complexity index is 874. The summed E-state index contributed by atoms with van der Waals surface area (Å²) in [6.07, 6.45) is -0.605. The SMILES string of the molecule is CC(C)(C)N.CCO[C@@H](Cc1ccc(OCC(=O)N(CC)Cc2ccc(Cl)cc2)cc1)C(=O)O. The molecule has 0 fully saturated rings. The Balaban J connectivity index is 0.00000104. The summed E-state index contributed by atoms with van der Waals surface area (Å²) in [7, 11) is 0. The van der Waals surface area contributed by atoms with Crippen LogP contribution < -0.4 is 10.5 Å². The number of carbonyl (C=O) groups is 2. The molecule has 1 atom stereocenters. The first-order chi connectivity index (χ1) is 15.9. The molecule has 0 aromatic heterocycles. The van der Waals surface area contributed by atoms with Crippen LogP contribution in [0.3, 0.4) is 0 Å². The van der Waals surface area contributed by atoms with Crippen molar-refractivity contribution in [1.29, 1.82) is 0 Å². The van der Waals surface area contributed by atoms with Crippen LogP contribution in [0.25, 0.3) is 0 Å². The van der Waals surface area contributed by atoms with Gasteiger partial charge in [0.1, 0.15) is 5.75 Å². The highest BCUT2D eigenvalue weighted by Gasteiger charge is 2.18. The molecule has 7 nitrogen and oxygen atoms in total. The number of benzene rings is 2. The van der Waals surface area contributed by atoms with Gasteiger partial charge < -0.3 is 25.2 Å². The first-order valence-electron chi connectivity index (χ1n) is 11.3. The topological polar surface area (TPSA) is 102 Å². The number of hydrogen-bond donors (Lipinski definition) is 2. The van der Waals surface area contributed by atoms with Crippen molar-refractivity contribution < 1.29 is 24.2 Å². The molecule has 188 valence electrons. The molecule has 0 radical (unpaired) electrons. The number of aliphatic carboxylic acids is 1. The second-order valence-corrected chi connectivity index (χ2v) is 9.26. The number of rotatable bonds is 11. The van der Waals surface area contributed by atoms with Crippen LogP contribution in [-0.2, 0) is 27.3 Å². The largest absolute Gasteiger partial charge is 0.484 e. The summed E-state index contributed by atoms with van der Waals surface area (Å²) in [5.74, 6) is -0.556. The average Bonchev–Trinajstić information content (AvgIpc) is 2.76. The molecule has 3 N–H and O–H groups in total. The summed E-state index contributed by atoms with van der Waals surface area (Å²) in [5.41, 5.74) is 7.17. The Labute approximate surface area is 207 Å². The average molecular weight is 493 g/mol. The normalized spacial score (nSPS) is 11.7. The lowest BCUT2D eigenvalue weighted by Crippen LogP contribution is -2.34. The molecule has 0 saturated heterocycles. The van der Waals surface area contributed by atoms with E-state index < -0.39 is 12.1 Å². The van der Waals surface area contributed by atoms with E-state index in [0.29, 0.717) is 30.5 Å². The van der Waals surface area contributed by atoms with Gasteiger partial charge in [0.25, 0.3) is 5.91 Å². The molecule has 2 rings (SSSR count). The quantitative estimate of drug-likeness (QED) is 0.477. The molecule has 34 heavy (non-hydrogen) atoms. The smallest absolute Gasteiger partial charge is 0.333 e. The van der Waals surface area contributed by atoms with Gasteiger partial charge in [0, 0.05) is 36.7 Å². The Kier molecular flexibility index (Phi) is 12.6. The second kappa shape index (κ2) is 14.6. The van der Waals surface area contributed by atoms with Gasteiger partial charge in [-0.1, -0.05) is 35.9 Å². The van der Waals surface area contributed by atoms with E-state index in [1.807, 2.05) is 39.8 Å². The number of amides is 1. The van der Waals surface area contributed by atoms with E-state index in [-0.39, 0.29) is 24.5 Å². The molecule has 2 aromatic carbocycles. The highest BCUT2D eigenvalue weighted by Crippen LogP contribution is 2.16. The highest BCUT2D eigenvalue weighted by molar-refractivity contribution is 6.30. The Morgan fingerprint density at radius 3 is 2.03 bits per heavy atom. The van der Waals surface area contributed by atoms with E-state index in [1.165, 1.54) is 0 Å². The van der Waals surface area contributed by atoms with Crippen LogP contribution in [0.1, 0.15) is 45.7 Å². The molecule has 1 amide bonds. The molecule has 0 aliphatic carbocycles. The van der Waals surface area contributed by atoms with Gasteiger partial charge in [0.15, 0.2) is 12.7 Å². The van der Waals surface area contributed by atoms with Gasteiger partial charge in [-0.3, -0.25) is 4.79 Å². The van der Waals surface area contributed by atoms with Crippen molar-refractivity contribution in [1.82, 2.24) is 4.90 Å². The maximum absolute atomic E-state index is 12.5. The van der Waals surface area contributed by atoms with Crippen molar-refractivity contribution in [2.45, 2.75) is 59.2 Å². The van der Waals surface area contributed by atoms with Crippen LogP contribution in [-0.4, -0.2) is 53.3 Å². The third kappa shape index (κ3) is 12.6. The summed E-state index contributed by atoms with van der Waals surface area (Å²) >= 11 is 5.90. The Morgan fingerprint density at radius 2 is 1.56 bits per heavy atom. The maximum Gasteiger partial charge on any atom is 0.333 e. The van der Waals surface area contributed by atoms with Crippen molar-refractivity contribution >= 4 is 23.5 Å². The number of ether oxygens (including phenoxy) is 2. The Hall–Kier alpha value is -2.61. The maximum atomic E-state index is 12.5. The van der Waals surface area contributed by atoms with E-state index in [2.05, 4.69) is 0 Å². The highest BCUT2D eigenvalue weighted by atomic mass is 35.5. The standard InChI is InChI=1S/C22H26ClNO5.C4H11N/c1-3-24(14-17-5-9-18(23)10-6-17)21(25)15-29-19-11-7-16(8-12-19)13-20(22(26)27)28-4-2;1-4(2,3)5/h5-12,20H,3-4,13-15H2,1-2H3,(H,26,27);5H2,1-3H3/t20-;/m0./s1. The van der Waals surface area contributed by atoms with Gasteiger partial charge in [-0.25, -0.2) is 4.79 Å². The summed E-state index contributed by atoms with van der Waals surface area (Å²) in [6, 6.07) is 14.4. The van der Waals surface area contributed by atoms with E-state index >= 15 is 0 Å². The van der Waals surface area contributed by atoms with Crippen molar-refractivity contribution in [3.8, 4) is 5.75 Å². The van der Waals surface area contributed by atoms with E-state index in [9.17, 15) is 9.59 Å². The third-order valence-electron chi connectivity index (χ3n) is 4.37. The van der Waals surface area contributed by atoms with E-state index in [0.717, 1.165) is 11.1 Å². The zero-order valence-corrected chi connectivity index (χ0v) is 21.5. The predicted octanol–water partition coefficient (Wildman–Crippen LogP) is 4.54. The molecule has 0 saturated carbocycles. The minimum absolute atomic E-state index is 0. The number of halogens is 1. The monoisotopic (exact) mass is 492 g/mol. The van der Waals surface area contributed by atoms with Crippen molar-refractivity contribution in [2.24, 2.45) is 5.73 Å². The fourth-order valence-corrected chi connectivity index (χ4v) is 2.90. The first kappa shape index (κ1) is 29.4. The van der Waals surface area contributed by atoms with Crippen LogP contribution in [0.15, 0.2) is 48.5 Å². The lowest BCUT2D eigenvalue weighted by Gasteiger charge is -2.21. The number of carboxylic acids is 1. The summed E-state index contributed by atoms with van der Waals surface area (Å²) < 4.78 is 10.8. The minimum Gasteiger partial charge on any atom is -0.484 e. The van der Waals surface area contributed by atoms with Crippen LogP contribution in [0, 0.1) is 0 Å². The fourth-order valence-electron chi connectivity index (χ4n) is 2.78. The van der Waals surface area contributed by atoms with Crippen molar-refractivity contribution in [3.63, 3.8) is 0 Å². The summed E-state index contributed by atoms with van der Waals surface area (Å²) in [5, 5.41) is 9.82. The van der Waals surface area contributed by atoms with Crippen LogP contribution in [0.2, 0.25) is 5.02 Å². The number of carbonyl (C=O) groups excluding carboxylic acids is 1. The number of hydrogen-bond acceptors (Lipinski definition) is 5. The predicted molar refractivity (Wildman–Crippen MR) is 135 cm³/mol. The lowest BCUT2D eigenvalue weighted by atomic mass is 10.1.